The second-order valence-electron chi connectivity index (χ2n) is 6.22. The van der Waals surface area contributed by atoms with Crippen LogP contribution in [0, 0.1) is 0 Å². The zero-order valence-corrected chi connectivity index (χ0v) is 13.5. The summed E-state index contributed by atoms with van der Waals surface area (Å²) >= 11 is 0. The Kier molecular flexibility index (Phi) is 4.96. The molecule has 1 aliphatic rings. The molecule has 0 unspecified atom stereocenters. The predicted octanol–water partition coefficient (Wildman–Crippen LogP) is 4.27. The van der Waals surface area contributed by atoms with E-state index < -0.39 is 0 Å². The number of hydrogen-bond donors (Lipinski definition) is 1. The van der Waals surface area contributed by atoms with Crippen molar-refractivity contribution in [3.8, 4) is 0 Å². The van der Waals surface area contributed by atoms with E-state index in [-0.39, 0.29) is 5.78 Å². The van der Waals surface area contributed by atoms with Crippen LogP contribution in [0.15, 0.2) is 48.5 Å². The first-order chi connectivity index (χ1) is 11.3. The molecule has 0 aromatic heterocycles. The molecular formula is C20H24N2O. The quantitative estimate of drug-likeness (QED) is 0.680. The van der Waals surface area contributed by atoms with E-state index in [1.165, 1.54) is 32.1 Å². The molecule has 0 aliphatic carbocycles. The smallest absolute Gasteiger partial charge is 0.193 e. The first-order valence-electron chi connectivity index (χ1n) is 8.50. The number of nitrogens with zero attached hydrogens (tertiary/aromatic N) is 1. The summed E-state index contributed by atoms with van der Waals surface area (Å²) in [6, 6.07) is 15.1. The fraction of sp³-hybridized carbons (Fsp3) is 0.350. The van der Waals surface area contributed by atoms with Crippen LogP contribution in [0.4, 0.5) is 11.4 Å². The van der Waals surface area contributed by atoms with Crippen molar-refractivity contribution >= 4 is 17.2 Å². The lowest BCUT2D eigenvalue weighted by atomic mass is 10.0. The number of nitrogen functional groups attached to an aromatic ring is 1. The summed E-state index contributed by atoms with van der Waals surface area (Å²) in [6.07, 6.45) is 6.35. The molecule has 1 fully saturated rings. The molecule has 3 nitrogen and oxygen atoms in total. The normalized spacial score (nSPS) is 15.7. The van der Waals surface area contributed by atoms with Gasteiger partial charge in [0.25, 0.3) is 0 Å². The molecule has 0 bridgehead atoms. The molecule has 3 rings (SSSR count). The molecule has 23 heavy (non-hydrogen) atoms. The Bertz CT molecular complexity index is 659. The highest BCUT2D eigenvalue weighted by atomic mass is 16.1. The van der Waals surface area contributed by atoms with Crippen molar-refractivity contribution in [1.29, 1.82) is 0 Å². The third-order valence-corrected chi connectivity index (χ3v) is 4.52. The van der Waals surface area contributed by atoms with Crippen LogP contribution in [0.1, 0.15) is 48.0 Å². The van der Waals surface area contributed by atoms with Crippen molar-refractivity contribution < 1.29 is 4.79 Å². The predicted molar refractivity (Wildman–Crippen MR) is 96.0 cm³/mol. The van der Waals surface area contributed by atoms with Gasteiger partial charge in [0.05, 0.1) is 11.4 Å². The lowest BCUT2D eigenvalue weighted by molar-refractivity contribution is 0.103. The molecule has 2 aromatic rings. The summed E-state index contributed by atoms with van der Waals surface area (Å²) in [5.74, 6) is 0.0246. The number of benzene rings is 2. The van der Waals surface area contributed by atoms with Gasteiger partial charge in [0.15, 0.2) is 5.78 Å². The number of ketones is 1. The molecule has 0 saturated carbocycles. The van der Waals surface area contributed by atoms with Gasteiger partial charge in [-0.3, -0.25) is 4.79 Å². The topological polar surface area (TPSA) is 46.3 Å². The summed E-state index contributed by atoms with van der Waals surface area (Å²) in [5, 5.41) is 0. The van der Waals surface area contributed by atoms with Gasteiger partial charge < -0.3 is 10.6 Å². The molecule has 120 valence electrons. The molecule has 2 N–H and O–H groups in total. The van der Waals surface area contributed by atoms with E-state index in [9.17, 15) is 4.79 Å². The average molecular weight is 308 g/mol. The Morgan fingerprint density at radius 2 is 1.48 bits per heavy atom. The highest BCUT2D eigenvalue weighted by molar-refractivity contribution is 6.09. The summed E-state index contributed by atoms with van der Waals surface area (Å²) < 4.78 is 0. The van der Waals surface area contributed by atoms with E-state index in [0.717, 1.165) is 18.8 Å². The van der Waals surface area contributed by atoms with E-state index in [1.54, 1.807) is 0 Å². The maximum Gasteiger partial charge on any atom is 0.193 e. The highest BCUT2D eigenvalue weighted by Gasteiger charge is 2.15. The van der Waals surface area contributed by atoms with Crippen LogP contribution in [0.2, 0.25) is 0 Å². The number of carbonyl (C=O) groups is 1. The van der Waals surface area contributed by atoms with E-state index in [2.05, 4.69) is 4.90 Å². The van der Waals surface area contributed by atoms with E-state index in [4.69, 9.17) is 5.73 Å². The molecule has 0 radical (unpaired) electrons. The summed E-state index contributed by atoms with van der Waals surface area (Å²) in [6.45, 7) is 2.10. The number of nitrogens with two attached hydrogens (primary N) is 1. The van der Waals surface area contributed by atoms with E-state index in [0.29, 0.717) is 16.8 Å². The number of rotatable bonds is 3. The largest absolute Gasteiger partial charge is 0.397 e. The lowest BCUT2D eigenvalue weighted by Crippen LogP contribution is -2.27. The molecule has 0 amide bonds. The van der Waals surface area contributed by atoms with Crippen LogP contribution < -0.4 is 10.6 Å². The van der Waals surface area contributed by atoms with Gasteiger partial charge in [-0.25, -0.2) is 0 Å². The zero-order chi connectivity index (χ0) is 16.1. The van der Waals surface area contributed by atoms with Gasteiger partial charge in [-0.15, -0.1) is 0 Å². The van der Waals surface area contributed by atoms with Gasteiger partial charge in [0.2, 0.25) is 0 Å². The fourth-order valence-corrected chi connectivity index (χ4v) is 3.23. The molecule has 1 heterocycles. The average Bonchev–Trinajstić information content (AvgIpc) is 2.55. The maximum absolute atomic E-state index is 12.5. The minimum absolute atomic E-state index is 0.0246. The Labute approximate surface area is 138 Å². The molecule has 0 spiro atoms. The van der Waals surface area contributed by atoms with Gasteiger partial charge in [0, 0.05) is 24.2 Å². The SMILES string of the molecule is Nc1cc(C(=O)c2ccccc2)ccc1N1CCCCCCC1. The van der Waals surface area contributed by atoms with Gasteiger partial charge in [-0.2, -0.15) is 0 Å². The Balaban J connectivity index is 1.81. The molecule has 1 aliphatic heterocycles. The summed E-state index contributed by atoms with van der Waals surface area (Å²) in [5.41, 5.74) is 9.39. The van der Waals surface area contributed by atoms with Crippen LogP contribution in [0.3, 0.4) is 0 Å². The number of carbonyl (C=O) groups excluding carboxylic acids is 1. The minimum Gasteiger partial charge on any atom is -0.397 e. The van der Waals surface area contributed by atoms with Gasteiger partial charge in [0.1, 0.15) is 0 Å². The van der Waals surface area contributed by atoms with Crippen LogP contribution in [-0.4, -0.2) is 18.9 Å². The highest BCUT2D eigenvalue weighted by Crippen LogP contribution is 2.27. The maximum atomic E-state index is 12.5. The van der Waals surface area contributed by atoms with E-state index in [1.807, 2.05) is 48.5 Å². The monoisotopic (exact) mass is 308 g/mol. The summed E-state index contributed by atoms with van der Waals surface area (Å²) in [4.78, 5) is 14.9. The van der Waals surface area contributed by atoms with Crippen LogP contribution in [-0.2, 0) is 0 Å². The molecule has 1 saturated heterocycles. The van der Waals surface area contributed by atoms with Gasteiger partial charge in [-0.05, 0) is 31.0 Å². The first-order valence-corrected chi connectivity index (χ1v) is 8.50. The van der Waals surface area contributed by atoms with Crippen LogP contribution in [0.5, 0.6) is 0 Å². The fourth-order valence-electron chi connectivity index (χ4n) is 3.23. The molecule has 0 atom stereocenters. The van der Waals surface area contributed by atoms with Crippen molar-refractivity contribution in [3.63, 3.8) is 0 Å². The number of hydrogen-bond acceptors (Lipinski definition) is 3. The van der Waals surface area contributed by atoms with Crippen LogP contribution in [0.25, 0.3) is 0 Å². The third kappa shape index (κ3) is 3.73. The van der Waals surface area contributed by atoms with Crippen molar-refractivity contribution in [2.75, 3.05) is 23.7 Å². The standard InChI is InChI=1S/C20H24N2O/c21-18-15-17(20(23)16-9-5-4-6-10-16)11-12-19(18)22-13-7-2-1-3-8-14-22/h4-6,9-12,15H,1-3,7-8,13-14,21H2. The third-order valence-electron chi connectivity index (χ3n) is 4.52. The Morgan fingerprint density at radius 1 is 0.826 bits per heavy atom. The summed E-state index contributed by atoms with van der Waals surface area (Å²) in [7, 11) is 0. The van der Waals surface area contributed by atoms with Crippen molar-refractivity contribution in [3.05, 3.63) is 59.7 Å². The van der Waals surface area contributed by atoms with Crippen molar-refractivity contribution in [2.24, 2.45) is 0 Å². The zero-order valence-electron chi connectivity index (χ0n) is 13.5. The van der Waals surface area contributed by atoms with Crippen LogP contribution >= 0.6 is 0 Å². The first kappa shape index (κ1) is 15.6. The minimum atomic E-state index is 0.0246. The second-order valence-corrected chi connectivity index (χ2v) is 6.22. The second kappa shape index (κ2) is 7.32. The van der Waals surface area contributed by atoms with Crippen molar-refractivity contribution in [1.82, 2.24) is 0 Å². The van der Waals surface area contributed by atoms with E-state index >= 15 is 0 Å². The lowest BCUT2D eigenvalue weighted by Gasteiger charge is -2.28. The molecule has 2 aromatic carbocycles. The Morgan fingerprint density at radius 3 is 2.13 bits per heavy atom. The van der Waals surface area contributed by atoms with Crippen molar-refractivity contribution in [2.45, 2.75) is 32.1 Å². The molecule has 3 heteroatoms. The molecular weight excluding hydrogens is 284 g/mol. The Hall–Kier alpha value is -2.29. The van der Waals surface area contributed by atoms with Gasteiger partial charge in [-0.1, -0.05) is 49.6 Å². The van der Waals surface area contributed by atoms with Gasteiger partial charge >= 0.3 is 0 Å². The number of anilines is 2.